The van der Waals surface area contributed by atoms with E-state index in [2.05, 4.69) is 5.32 Å². The van der Waals surface area contributed by atoms with Crippen molar-refractivity contribution in [1.29, 1.82) is 0 Å². The highest BCUT2D eigenvalue weighted by Crippen LogP contribution is 2.30. The zero-order valence-electron chi connectivity index (χ0n) is 15.3. The van der Waals surface area contributed by atoms with Crippen molar-refractivity contribution in [2.45, 2.75) is 44.9 Å². The van der Waals surface area contributed by atoms with E-state index in [1.165, 1.54) is 25.3 Å². The van der Waals surface area contributed by atoms with Gasteiger partial charge in [-0.15, -0.1) is 0 Å². The Kier molecular flexibility index (Phi) is 6.72. The smallest absolute Gasteiger partial charge is 0.338 e. The number of nitrogens with one attached hydrogen (secondary N) is 1. The molecular weight excluding hydrogens is 368 g/mol. The lowest BCUT2D eigenvalue weighted by molar-refractivity contribution is -0.124. The highest BCUT2D eigenvalue weighted by molar-refractivity contribution is 6.34. The second kappa shape index (κ2) is 9.22. The first-order chi connectivity index (χ1) is 13.0. The Morgan fingerprint density at radius 2 is 1.96 bits per heavy atom. The van der Waals surface area contributed by atoms with E-state index < -0.39 is 5.97 Å². The molecule has 0 radical (unpaired) electrons. The standard InChI is InChI=1S/C20H25ClN2O4/c21-16-9-8-15(11-17(16)23-10-4-7-19(23)25)20(26)27-13-18(24)22-12-14-5-2-1-3-6-14/h8-9,11,14H,1-7,10,12-13H2,(H,22,24). The Morgan fingerprint density at radius 3 is 2.67 bits per heavy atom. The number of rotatable bonds is 6. The van der Waals surface area contributed by atoms with Gasteiger partial charge in [0.05, 0.1) is 16.3 Å². The van der Waals surface area contributed by atoms with Gasteiger partial charge in [-0.2, -0.15) is 0 Å². The second-order valence-electron chi connectivity index (χ2n) is 7.20. The molecule has 6 nitrogen and oxygen atoms in total. The Bertz CT molecular complexity index is 716. The van der Waals surface area contributed by atoms with Gasteiger partial charge < -0.3 is 15.0 Å². The van der Waals surface area contributed by atoms with Crippen molar-refractivity contribution in [3.63, 3.8) is 0 Å². The fourth-order valence-corrected chi connectivity index (χ4v) is 3.88. The Hall–Kier alpha value is -2.08. The van der Waals surface area contributed by atoms with Gasteiger partial charge in [0.1, 0.15) is 0 Å². The summed E-state index contributed by atoms with van der Waals surface area (Å²) in [6.07, 6.45) is 7.24. The fraction of sp³-hybridized carbons (Fsp3) is 0.550. The van der Waals surface area contributed by atoms with Gasteiger partial charge in [0.2, 0.25) is 5.91 Å². The number of benzene rings is 1. The number of carbonyl (C=O) groups excluding carboxylic acids is 3. The summed E-state index contributed by atoms with van der Waals surface area (Å²) in [5, 5.41) is 3.25. The van der Waals surface area contributed by atoms with Crippen LogP contribution in [0.25, 0.3) is 0 Å². The van der Waals surface area contributed by atoms with Crippen LogP contribution in [-0.4, -0.2) is 37.5 Å². The van der Waals surface area contributed by atoms with E-state index in [4.69, 9.17) is 16.3 Å². The van der Waals surface area contributed by atoms with E-state index in [1.807, 2.05) is 0 Å². The molecule has 1 N–H and O–H groups in total. The quantitative estimate of drug-likeness (QED) is 0.753. The third-order valence-electron chi connectivity index (χ3n) is 5.19. The molecule has 3 rings (SSSR count). The fourth-order valence-electron chi connectivity index (χ4n) is 3.66. The number of carbonyl (C=O) groups is 3. The van der Waals surface area contributed by atoms with Crippen LogP contribution in [-0.2, 0) is 14.3 Å². The molecule has 2 amide bonds. The molecule has 0 unspecified atom stereocenters. The predicted octanol–water partition coefficient (Wildman–Crippen LogP) is 3.32. The van der Waals surface area contributed by atoms with Crippen molar-refractivity contribution in [1.82, 2.24) is 5.32 Å². The molecule has 2 aliphatic rings. The van der Waals surface area contributed by atoms with Gasteiger partial charge in [-0.1, -0.05) is 30.9 Å². The summed E-state index contributed by atoms with van der Waals surface area (Å²) in [5.74, 6) is -0.384. The van der Waals surface area contributed by atoms with Crippen LogP contribution in [0.3, 0.4) is 0 Å². The zero-order valence-corrected chi connectivity index (χ0v) is 16.1. The van der Waals surface area contributed by atoms with Crippen LogP contribution in [0.5, 0.6) is 0 Å². The van der Waals surface area contributed by atoms with E-state index in [-0.39, 0.29) is 24.0 Å². The minimum atomic E-state index is -0.604. The first-order valence-corrected chi connectivity index (χ1v) is 9.96. The molecule has 27 heavy (non-hydrogen) atoms. The molecule has 0 atom stereocenters. The van der Waals surface area contributed by atoms with Gasteiger partial charge in [0.15, 0.2) is 6.61 Å². The van der Waals surface area contributed by atoms with Crippen molar-refractivity contribution < 1.29 is 19.1 Å². The molecule has 1 aliphatic heterocycles. The third kappa shape index (κ3) is 5.22. The van der Waals surface area contributed by atoms with Crippen LogP contribution in [0.2, 0.25) is 5.02 Å². The number of esters is 1. The molecule has 1 heterocycles. The van der Waals surface area contributed by atoms with Crippen LogP contribution < -0.4 is 10.2 Å². The van der Waals surface area contributed by atoms with E-state index in [0.717, 1.165) is 19.3 Å². The lowest BCUT2D eigenvalue weighted by Crippen LogP contribution is -2.33. The topological polar surface area (TPSA) is 75.7 Å². The number of anilines is 1. The van der Waals surface area contributed by atoms with Gasteiger partial charge in [0, 0.05) is 19.5 Å². The molecule has 0 aromatic heterocycles. The minimum Gasteiger partial charge on any atom is -0.452 e. The lowest BCUT2D eigenvalue weighted by Gasteiger charge is -2.21. The zero-order chi connectivity index (χ0) is 19.2. The molecule has 0 bridgehead atoms. The summed E-state index contributed by atoms with van der Waals surface area (Å²) >= 11 is 6.18. The van der Waals surface area contributed by atoms with Gasteiger partial charge in [-0.3, -0.25) is 9.59 Å². The van der Waals surface area contributed by atoms with Crippen molar-refractivity contribution in [2.75, 3.05) is 24.6 Å². The van der Waals surface area contributed by atoms with Crippen LogP contribution in [0, 0.1) is 5.92 Å². The summed E-state index contributed by atoms with van der Waals surface area (Å²) < 4.78 is 5.12. The van der Waals surface area contributed by atoms with Crippen LogP contribution in [0.1, 0.15) is 55.3 Å². The summed E-state index contributed by atoms with van der Waals surface area (Å²) in [7, 11) is 0. The second-order valence-corrected chi connectivity index (χ2v) is 7.61. The minimum absolute atomic E-state index is 0.00971. The van der Waals surface area contributed by atoms with E-state index >= 15 is 0 Å². The number of nitrogens with zero attached hydrogens (tertiary/aromatic N) is 1. The highest BCUT2D eigenvalue weighted by Gasteiger charge is 2.25. The van der Waals surface area contributed by atoms with E-state index in [9.17, 15) is 14.4 Å². The largest absolute Gasteiger partial charge is 0.452 e. The first-order valence-electron chi connectivity index (χ1n) is 9.58. The molecule has 2 fully saturated rings. The maximum Gasteiger partial charge on any atom is 0.338 e. The Labute approximate surface area is 164 Å². The van der Waals surface area contributed by atoms with Crippen LogP contribution in [0.15, 0.2) is 18.2 Å². The summed E-state index contributed by atoms with van der Waals surface area (Å²) in [4.78, 5) is 37.7. The SMILES string of the molecule is O=C(COC(=O)c1ccc(Cl)c(N2CCCC2=O)c1)NCC1CCCCC1. The lowest BCUT2D eigenvalue weighted by atomic mass is 9.89. The number of hydrogen-bond donors (Lipinski definition) is 1. The molecule has 7 heteroatoms. The molecular formula is C20H25ClN2O4. The maximum absolute atomic E-state index is 12.3. The number of hydrogen-bond acceptors (Lipinski definition) is 4. The van der Waals surface area contributed by atoms with Crippen LogP contribution >= 0.6 is 11.6 Å². The van der Waals surface area contributed by atoms with Crippen molar-refractivity contribution in [3.8, 4) is 0 Å². The van der Waals surface area contributed by atoms with E-state index in [0.29, 0.717) is 36.1 Å². The van der Waals surface area contributed by atoms with Crippen molar-refractivity contribution >= 4 is 35.1 Å². The average molecular weight is 393 g/mol. The van der Waals surface area contributed by atoms with E-state index in [1.54, 1.807) is 17.0 Å². The Morgan fingerprint density at radius 1 is 1.19 bits per heavy atom. The van der Waals surface area contributed by atoms with Crippen LogP contribution in [0.4, 0.5) is 5.69 Å². The molecule has 1 aliphatic carbocycles. The maximum atomic E-state index is 12.3. The monoisotopic (exact) mass is 392 g/mol. The highest BCUT2D eigenvalue weighted by atomic mass is 35.5. The normalized spacial score (nSPS) is 17.8. The van der Waals surface area contributed by atoms with Gasteiger partial charge >= 0.3 is 5.97 Å². The number of amides is 2. The summed E-state index contributed by atoms with van der Waals surface area (Å²) in [6.45, 7) is 0.908. The first kappa shape index (κ1) is 19.7. The number of ether oxygens (including phenoxy) is 1. The molecule has 1 saturated carbocycles. The average Bonchev–Trinajstić information content (AvgIpc) is 3.11. The molecule has 0 spiro atoms. The van der Waals surface area contributed by atoms with Crippen molar-refractivity contribution in [2.24, 2.45) is 5.92 Å². The Balaban J connectivity index is 1.51. The number of halogens is 1. The van der Waals surface area contributed by atoms with Crippen molar-refractivity contribution in [3.05, 3.63) is 28.8 Å². The summed E-state index contributed by atoms with van der Waals surface area (Å²) in [5.41, 5.74) is 0.782. The molecule has 146 valence electrons. The van der Waals surface area contributed by atoms with Gasteiger partial charge in [0.25, 0.3) is 5.91 Å². The van der Waals surface area contributed by atoms with Gasteiger partial charge in [-0.05, 0) is 43.4 Å². The molecule has 1 aromatic carbocycles. The summed E-state index contributed by atoms with van der Waals surface area (Å²) in [6, 6.07) is 4.66. The molecule has 1 saturated heterocycles. The third-order valence-corrected chi connectivity index (χ3v) is 5.51. The van der Waals surface area contributed by atoms with Gasteiger partial charge in [-0.25, -0.2) is 4.79 Å². The predicted molar refractivity (Wildman–Crippen MR) is 103 cm³/mol. The molecule has 1 aromatic rings.